The fraction of sp³-hybridized carbons (Fsp3) is 0.412. The zero-order valence-electron chi connectivity index (χ0n) is 14.1. The van der Waals surface area contributed by atoms with Crippen molar-refractivity contribution < 1.29 is 17.9 Å². The number of nitrogens with zero attached hydrogens (tertiary/aromatic N) is 3. The number of ether oxygens (including phenoxy) is 1. The first-order chi connectivity index (χ1) is 11.1. The van der Waals surface area contributed by atoms with Gasteiger partial charge in [0.1, 0.15) is 12.4 Å². The average molecular weight is 339 g/mol. The zero-order chi connectivity index (χ0) is 17.9. The first kappa shape index (κ1) is 18.0. The second kappa shape index (κ2) is 7.07. The molecule has 0 saturated heterocycles. The Bertz CT molecular complexity index is 696. The van der Waals surface area contributed by atoms with Crippen molar-refractivity contribution in [2.45, 2.75) is 26.9 Å². The molecule has 0 fully saturated rings. The van der Waals surface area contributed by atoms with Crippen molar-refractivity contribution in [2.24, 2.45) is 0 Å². The predicted octanol–water partition coefficient (Wildman–Crippen LogP) is 3.94. The highest BCUT2D eigenvalue weighted by Gasteiger charge is 2.31. The maximum absolute atomic E-state index is 12.8. The molecule has 4 nitrogen and oxygen atoms in total. The Hall–Kier alpha value is -2.31. The summed E-state index contributed by atoms with van der Waals surface area (Å²) in [6.07, 6.45) is -4.38. The Morgan fingerprint density at radius 2 is 1.62 bits per heavy atom. The van der Waals surface area contributed by atoms with Gasteiger partial charge >= 0.3 is 6.18 Å². The summed E-state index contributed by atoms with van der Waals surface area (Å²) < 4.78 is 43.9. The molecule has 24 heavy (non-hydrogen) atoms. The van der Waals surface area contributed by atoms with Crippen LogP contribution < -0.4 is 9.64 Å². The van der Waals surface area contributed by atoms with E-state index in [4.69, 9.17) is 4.74 Å². The lowest BCUT2D eigenvalue weighted by Crippen LogP contribution is -2.26. The number of aryl methyl sites for hydroxylation is 3. The van der Waals surface area contributed by atoms with Crippen LogP contribution in [0.25, 0.3) is 0 Å². The zero-order valence-corrected chi connectivity index (χ0v) is 14.1. The monoisotopic (exact) mass is 339 g/mol. The van der Waals surface area contributed by atoms with Gasteiger partial charge in [-0.15, -0.1) is 0 Å². The molecule has 0 aliphatic rings. The third-order valence-corrected chi connectivity index (χ3v) is 3.39. The van der Waals surface area contributed by atoms with Crippen LogP contribution in [0, 0.1) is 20.8 Å². The molecule has 0 unspecified atom stereocenters. The van der Waals surface area contributed by atoms with Gasteiger partial charge in [0.25, 0.3) is 0 Å². The Balaban J connectivity index is 2.00. The van der Waals surface area contributed by atoms with Crippen LogP contribution in [0.15, 0.2) is 24.3 Å². The summed E-state index contributed by atoms with van der Waals surface area (Å²) in [5, 5.41) is 0. The third kappa shape index (κ3) is 4.84. The third-order valence-electron chi connectivity index (χ3n) is 3.39. The number of hydrogen-bond acceptors (Lipinski definition) is 4. The summed E-state index contributed by atoms with van der Waals surface area (Å²) in [5.74, 6) is 0.772. The van der Waals surface area contributed by atoms with Crippen LogP contribution in [0.4, 0.5) is 19.1 Å². The predicted molar refractivity (Wildman–Crippen MR) is 86.5 cm³/mol. The van der Waals surface area contributed by atoms with Crippen LogP contribution in [-0.4, -0.2) is 30.2 Å². The van der Waals surface area contributed by atoms with Gasteiger partial charge < -0.3 is 9.64 Å². The van der Waals surface area contributed by atoms with E-state index in [-0.39, 0.29) is 12.4 Å². The number of benzene rings is 1. The van der Waals surface area contributed by atoms with Gasteiger partial charge in [-0.05, 0) is 50.6 Å². The highest BCUT2D eigenvalue weighted by molar-refractivity contribution is 5.35. The molecule has 0 radical (unpaired) electrons. The number of likely N-dealkylation sites (N-methyl/N-ethyl adjacent to an activating group) is 1. The topological polar surface area (TPSA) is 38.2 Å². The Morgan fingerprint density at radius 1 is 1.00 bits per heavy atom. The van der Waals surface area contributed by atoms with E-state index < -0.39 is 11.7 Å². The summed E-state index contributed by atoms with van der Waals surface area (Å²) in [7, 11) is 1.81. The van der Waals surface area contributed by atoms with Crippen LogP contribution in [-0.2, 0) is 6.18 Å². The normalized spacial score (nSPS) is 11.5. The van der Waals surface area contributed by atoms with E-state index in [0.717, 1.165) is 23.5 Å². The van der Waals surface area contributed by atoms with Crippen molar-refractivity contribution in [3.8, 4) is 5.75 Å². The second-order valence-electron chi connectivity index (χ2n) is 5.75. The van der Waals surface area contributed by atoms with Gasteiger partial charge in [0, 0.05) is 18.4 Å². The quantitative estimate of drug-likeness (QED) is 0.827. The SMILES string of the molecule is Cc1cc(OCCN(C)c2nc(C)cc(C)n2)cc(C(F)(F)F)c1. The molecule has 0 amide bonds. The number of alkyl halides is 3. The van der Waals surface area contributed by atoms with E-state index in [2.05, 4.69) is 9.97 Å². The van der Waals surface area contributed by atoms with Crippen molar-refractivity contribution in [2.75, 3.05) is 25.1 Å². The molecule has 0 bridgehead atoms. The number of anilines is 1. The lowest BCUT2D eigenvalue weighted by atomic mass is 10.1. The number of aromatic nitrogens is 2. The van der Waals surface area contributed by atoms with Gasteiger partial charge in [-0.1, -0.05) is 0 Å². The van der Waals surface area contributed by atoms with E-state index in [1.807, 2.05) is 27.0 Å². The standard InChI is InChI=1S/C17H20F3N3O/c1-11-7-14(17(18,19)20)10-15(8-11)24-6-5-23(4)16-21-12(2)9-13(3)22-16/h7-10H,5-6H2,1-4H3. The summed E-state index contributed by atoms with van der Waals surface area (Å²) in [6, 6.07) is 5.57. The molecule has 0 aliphatic carbocycles. The van der Waals surface area contributed by atoms with E-state index in [0.29, 0.717) is 18.1 Å². The second-order valence-corrected chi connectivity index (χ2v) is 5.75. The minimum atomic E-state index is -4.38. The molecule has 130 valence electrons. The van der Waals surface area contributed by atoms with Crippen molar-refractivity contribution in [3.05, 3.63) is 46.8 Å². The molecular weight excluding hydrogens is 319 g/mol. The first-order valence-electron chi connectivity index (χ1n) is 7.50. The summed E-state index contributed by atoms with van der Waals surface area (Å²) in [4.78, 5) is 10.5. The minimum absolute atomic E-state index is 0.206. The highest BCUT2D eigenvalue weighted by Crippen LogP contribution is 2.32. The molecule has 1 aromatic heterocycles. The number of rotatable bonds is 5. The summed E-state index contributed by atoms with van der Waals surface area (Å²) in [6.45, 7) is 6.06. The molecule has 0 atom stereocenters. The van der Waals surface area contributed by atoms with Crippen molar-refractivity contribution >= 4 is 5.95 Å². The van der Waals surface area contributed by atoms with Gasteiger partial charge in [0.2, 0.25) is 5.95 Å². The largest absolute Gasteiger partial charge is 0.492 e. The lowest BCUT2D eigenvalue weighted by molar-refractivity contribution is -0.137. The van der Waals surface area contributed by atoms with E-state index in [1.54, 1.807) is 17.9 Å². The van der Waals surface area contributed by atoms with Crippen LogP contribution >= 0.6 is 0 Å². The van der Waals surface area contributed by atoms with Crippen molar-refractivity contribution in [1.29, 1.82) is 0 Å². The molecule has 0 spiro atoms. The average Bonchev–Trinajstić information content (AvgIpc) is 2.44. The summed E-state index contributed by atoms with van der Waals surface area (Å²) in [5.41, 5.74) is 1.52. The first-order valence-corrected chi connectivity index (χ1v) is 7.50. The minimum Gasteiger partial charge on any atom is -0.492 e. The van der Waals surface area contributed by atoms with E-state index >= 15 is 0 Å². The van der Waals surface area contributed by atoms with Crippen LogP contribution in [0.5, 0.6) is 5.75 Å². The molecular formula is C17H20F3N3O. The van der Waals surface area contributed by atoms with Crippen LogP contribution in [0.3, 0.4) is 0 Å². The van der Waals surface area contributed by atoms with Crippen molar-refractivity contribution in [1.82, 2.24) is 9.97 Å². The lowest BCUT2D eigenvalue weighted by Gasteiger charge is -2.18. The maximum Gasteiger partial charge on any atom is 0.416 e. The fourth-order valence-electron chi connectivity index (χ4n) is 2.27. The molecule has 0 saturated carbocycles. The molecule has 7 heteroatoms. The van der Waals surface area contributed by atoms with Crippen LogP contribution in [0.1, 0.15) is 22.5 Å². The van der Waals surface area contributed by atoms with E-state index in [9.17, 15) is 13.2 Å². The van der Waals surface area contributed by atoms with Gasteiger partial charge in [-0.2, -0.15) is 13.2 Å². The fourth-order valence-corrected chi connectivity index (χ4v) is 2.27. The van der Waals surface area contributed by atoms with E-state index in [1.165, 1.54) is 0 Å². The van der Waals surface area contributed by atoms with Crippen LogP contribution in [0.2, 0.25) is 0 Å². The van der Waals surface area contributed by atoms with Gasteiger partial charge in [0.15, 0.2) is 0 Å². The number of halogens is 3. The Kier molecular flexibility index (Phi) is 5.31. The highest BCUT2D eigenvalue weighted by atomic mass is 19.4. The molecule has 0 aliphatic heterocycles. The Morgan fingerprint density at radius 3 is 2.21 bits per heavy atom. The smallest absolute Gasteiger partial charge is 0.416 e. The maximum atomic E-state index is 12.8. The molecule has 2 rings (SSSR count). The van der Waals surface area contributed by atoms with Crippen molar-refractivity contribution in [3.63, 3.8) is 0 Å². The molecule has 0 N–H and O–H groups in total. The molecule has 1 heterocycles. The number of hydrogen-bond donors (Lipinski definition) is 0. The molecule has 1 aromatic carbocycles. The summed E-state index contributed by atoms with van der Waals surface area (Å²) >= 11 is 0. The Labute approximate surface area is 139 Å². The molecule has 2 aromatic rings. The van der Waals surface area contributed by atoms with Gasteiger partial charge in [-0.3, -0.25) is 0 Å². The van der Waals surface area contributed by atoms with Gasteiger partial charge in [0.05, 0.1) is 12.1 Å². The van der Waals surface area contributed by atoms with Gasteiger partial charge in [-0.25, -0.2) is 9.97 Å².